The van der Waals surface area contributed by atoms with Crippen LogP contribution >= 0.6 is 0 Å². The molecule has 2 saturated carbocycles. The summed E-state index contributed by atoms with van der Waals surface area (Å²) in [5, 5.41) is 14.3. The topological polar surface area (TPSA) is 66.4 Å². The number of hydrogen-bond acceptors (Lipinski definition) is 2. The summed E-state index contributed by atoms with van der Waals surface area (Å²) in [5.74, 6) is -0.790. The molecule has 0 radical (unpaired) electrons. The summed E-state index contributed by atoms with van der Waals surface area (Å²) in [6.45, 7) is 0. The Morgan fingerprint density at radius 2 is 1.91 bits per heavy atom. The fourth-order valence-corrected chi connectivity index (χ4v) is 3.56. The summed E-state index contributed by atoms with van der Waals surface area (Å²) in [6, 6.07) is 13.3. The van der Waals surface area contributed by atoms with E-state index in [1.165, 1.54) is 0 Å². The van der Waals surface area contributed by atoms with Crippen molar-refractivity contribution in [2.45, 2.75) is 31.7 Å². The molecule has 4 rings (SSSR count). The van der Waals surface area contributed by atoms with Gasteiger partial charge in [-0.15, -0.1) is 0 Å². The van der Waals surface area contributed by atoms with E-state index in [2.05, 4.69) is 5.32 Å². The quantitative estimate of drug-likeness (QED) is 0.891. The molecule has 1 unspecified atom stereocenters. The standard InChI is InChI=1S/C19H19NO3/c21-17(22)10-16(20-18(23)15-11-19(15)7-8-19)14-6-5-12-3-1-2-4-13(12)9-14/h1-6,9,15-16H,7-8,10-11H2,(H,20,23)(H,21,22)/t15?,16-/m0/s1. The highest BCUT2D eigenvalue weighted by Crippen LogP contribution is 2.70. The fraction of sp³-hybridized carbons (Fsp3) is 0.368. The summed E-state index contributed by atoms with van der Waals surface area (Å²) in [7, 11) is 0. The molecular weight excluding hydrogens is 290 g/mol. The number of carbonyl (C=O) groups excluding carboxylic acids is 1. The molecule has 4 nitrogen and oxygen atoms in total. The molecule has 1 spiro atoms. The van der Waals surface area contributed by atoms with E-state index in [-0.39, 0.29) is 23.7 Å². The Labute approximate surface area is 134 Å². The van der Waals surface area contributed by atoms with Crippen molar-refractivity contribution < 1.29 is 14.7 Å². The second-order valence-electron chi connectivity index (χ2n) is 6.88. The molecule has 0 heterocycles. The molecule has 2 fully saturated rings. The van der Waals surface area contributed by atoms with Crippen molar-refractivity contribution in [1.82, 2.24) is 5.32 Å². The largest absolute Gasteiger partial charge is 0.481 e. The Hall–Kier alpha value is -2.36. The Kier molecular flexibility index (Phi) is 3.15. The Morgan fingerprint density at radius 3 is 2.57 bits per heavy atom. The van der Waals surface area contributed by atoms with Gasteiger partial charge in [0.15, 0.2) is 0 Å². The Balaban J connectivity index is 1.58. The van der Waals surface area contributed by atoms with Crippen molar-refractivity contribution in [3.8, 4) is 0 Å². The molecule has 4 heteroatoms. The molecule has 2 N–H and O–H groups in total. The summed E-state index contributed by atoms with van der Waals surface area (Å²) in [5.41, 5.74) is 1.13. The van der Waals surface area contributed by atoms with Crippen LogP contribution in [0.15, 0.2) is 42.5 Å². The maximum atomic E-state index is 12.4. The van der Waals surface area contributed by atoms with Gasteiger partial charge in [-0.05, 0) is 47.1 Å². The van der Waals surface area contributed by atoms with E-state index in [4.69, 9.17) is 0 Å². The lowest BCUT2D eigenvalue weighted by molar-refractivity contribution is -0.137. The maximum Gasteiger partial charge on any atom is 0.305 e. The van der Waals surface area contributed by atoms with Crippen LogP contribution in [-0.2, 0) is 9.59 Å². The van der Waals surface area contributed by atoms with Crippen LogP contribution in [0, 0.1) is 11.3 Å². The summed E-state index contributed by atoms with van der Waals surface area (Å²) >= 11 is 0. The molecule has 2 atom stereocenters. The van der Waals surface area contributed by atoms with Crippen molar-refractivity contribution in [2.75, 3.05) is 0 Å². The van der Waals surface area contributed by atoms with Crippen LogP contribution in [0.1, 0.15) is 37.3 Å². The highest BCUT2D eigenvalue weighted by molar-refractivity contribution is 5.86. The number of fused-ring (bicyclic) bond motifs is 1. The molecule has 118 valence electrons. The van der Waals surface area contributed by atoms with E-state index in [0.717, 1.165) is 35.6 Å². The van der Waals surface area contributed by atoms with Gasteiger partial charge in [0.25, 0.3) is 0 Å². The third kappa shape index (κ3) is 2.69. The maximum absolute atomic E-state index is 12.4. The number of aliphatic carboxylic acids is 1. The normalized spacial score (nSPS) is 21.8. The van der Waals surface area contributed by atoms with E-state index in [1.807, 2.05) is 42.5 Å². The number of benzene rings is 2. The molecule has 0 saturated heterocycles. The van der Waals surface area contributed by atoms with Crippen molar-refractivity contribution in [2.24, 2.45) is 11.3 Å². The van der Waals surface area contributed by atoms with Crippen molar-refractivity contribution >= 4 is 22.6 Å². The van der Waals surface area contributed by atoms with Crippen LogP contribution in [0.2, 0.25) is 0 Å². The molecule has 2 aliphatic carbocycles. The van der Waals surface area contributed by atoms with Gasteiger partial charge in [0.05, 0.1) is 12.5 Å². The van der Waals surface area contributed by atoms with Gasteiger partial charge in [0.2, 0.25) is 5.91 Å². The lowest BCUT2D eigenvalue weighted by atomic mass is 9.99. The number of carbonyl (C=O) groups is 2. The van der Waals surface area contributed by atoms with Gasteiger partial charge in [-0.25, -0.2) is 0 Å². The van der Waals surface area contributed by atoms with E-state index in [1.54, 1.807) is 0 Å². The minimum atomic E-state index is -0.902. The van der Waals surface area contributed by atoms with Gasteiger partial charge in [-0.2, -0.15) is 0 Å². The van der Waals surface area contributed by atoms with Crippen LogP contribution in [-0.4, -0.2) is 17.0 Å². The first-order valence-electron chi connectivity index (χ1n) is 8.08. The van der Waals surface area contributed by atoms with Gasteiger partial charge < -0.3 is 10.4 Å². The first-order chi connectivity index (χ1) is 11.1. The first kappa shape index (κ1) is 14.2. The monoisotopic (exact) mass is 309 g/mol. The number of hydrogen-bond donors (Lipinski definition) is 2. The molecule has 0 bridgehead atoms. The van der Waals surface area contributed by atoms with Crippen LogP contribution < -0.4 is 5.32 Å². The average Bonchev–Trinajstić information content (AvgIpc) is 3.45. The van der Waals surface area contributed by atoms with Crippen LogP contribution in [0.4, 0.5) is 0 Å². The molecular formula is C19H19NO3. The molecule has 2 aromatic carbocycles. The Bertz CT molecular complexity index is 794. The minimum absolute atomic E-state index is 0.0157. The number of nitrogens with one attached hydrogen (secondary N) is 1. The van der Waals surface area contributed by atoms with Crippen LogP contribution in [0.25, 0.3) is 10.8 Å². The molecule has 1 amide bonds. The zero-order chi connectivity index (χ0) is 16.0. The van der Waals surface area contributed by atoms with Crippen molar-refractivity contribution in [3.05, 3.63) is 48.0 Å². The fourth-order valence-electron chi connectivity index (χ4n) is 3.56. The predicted octanol–water partition coefficient (Wildman–Crippen LogP) is 3.27. The summed E-state index contributed by atoms with van der Waals surface area (Å²) < 4.78 is 0. The highest BCUT2D eigenvalue weighted by atomic mass is 16.4. The summed E-state index contributed by atoms with van der Waals surface area (Å²) in [4.78, 5) is 23.6. The van der Waals surface area contributed by atoms with Crippen LogP contribution in [0.3, 0.4) is 0 Å². The van der Waals surface area contributed by atoms with Gasteiger partial charge in [-0.1, -0.05) is 36.4 Å². The third-order valence-corrected chi connectivity index (χ3v) is 5.27. The van der Waals surface area contributed by atoms with Gasteiger partial charge >= 0.3 is 5.97 Å². The van der Waals surface area contributed by atoms with Gasteiger partial charge in [0.1, 0.15) is 0 Å². The zero-order valence-electron chi connectivity index (χ0n) is 12.8. The lowest BCUT2D eigenvalue weighted by Crippen LogP contribution is -2.31. The predicted molar refractivity (Wildman–Crippen MR) is 86.9 cm³/mol. The molecule has 2 aliphatic rings. The van der Waals surface area contributed by atoms with Crippen LogP contribution in [0.5, 0.6) is 0 Å². The lowest BCUT2D eigenvalue weighted by Gasteiger charge is -2.18. The van der Waals surface area contributed by atoms with Crippen molar-refractivity contribution in [1.29, 1.82) is 0 Å². The molecule has 0 aliphatic heterocycles. The van der Waals surface area contributed by atoms with E-state index in [0.29, 0.717) is 0 Å². The minimum Gasteiger partial charge on any atom is -0.481 e. The summed E-state index contributed by atoms with van der Waals surface area (Å²) in [6.07, 6.45) is 3.16. The second-order valence-corrected chi connectivity index (χ2v) is 6.88. The first-order valence-corrected chi connectivity index (χ1v) is 8.08. The zero-order valence-corrected chi connectivity index (χ0v) is 12.8. The third-order valence-electron chi connectivity index (χ3n) is 5.27. The molecule has 2 aromatic rings. The number of carboxylic acids is 1. The molecule has 0 aromatic heterocycles. The Morgan fingerprint density at radius 1 is 1.17 bits per heavy atom. The van der Waals surface area contributed by atoms with E-state index in [9.17, 15) is 14.7 Å². The number of carboxylic acid groups (broad SMARTS) is 1. The highest BCUT2D eigenvalue weighted by Gasteiger charge is 2.65. The smallest absolute Gasteiger partial charge is 0.305 e. The van der Waals surface area contributed by atoms with E-state index >= 15 is 0 Å². The SMILES string of the molecule is O=C(O)C[C@H](NC(=O)C1CC12CC2)c1ccc2ccccc2c1. The number of rotatable bonds is 5. The van der Waals surface area contributed by atoms with Gasteiger partial charge in [0, 0.05) is 5.92 Å². The van der Waals surface area contributed by atoms with E-state index < -0.39 is 12.0 Å². The van der Waals surface area contributed by atoms with Crippen molar-refractivity contribution in [3.63, 3.8) is 0 Å². The molecule has 23 heavy (non-hydrogen) atoms. The second kappa shape index (κ2) is 5.08. The average molecular weight is 309 g/mol. The van der Waals surface area contributed by atoms with Gasteiger partial charge in [-0.3, -0.25) is 9.59 Å². The number of amides is 1.